The molecule has 0 N–H and O–H groups in total. The molecule has 3 nitrogen and oxygen atoms in total. The minimum absolute atomic E-state index is 0.983. The summed E-state index contributed by atoms with van der Waals surface area (Å²) in [6, 6.07) is 10.5. The largest absolute Gasteiger partial charge is 0.378 e. The van der Waals surface area contributed by atoms with Gasteiger partial charge in [-0.25, -0.2) is 9.97 Å². The van der Waals surface area contributed by atoms with Crippen LogP contribution in [0.2, 0.25) is 0 Å². The van der Waals surface area contributed by atoms with Gasteiger partial charge in [0.1, 0.15) is 15.4 Å². The fourth-order valence-corrected chi connectivity index (χ4v) is 2.85. The molecule has 0 radical (unpaired) electrons. The third-order valence-corrected chi connectivity index (χ3v) is 4.04. The van der Waals surface area contributed by atoms with Crippen molar-refractivity contribution in [2.24, 2.45) is 0 Å². The Morgan fingerprint density at radius 3 is 2.53 bits per heavy atom. The van der Waals surface area contributed by atoms with Gasteiger partial charge in [-0.3, -0.25) is 0 Å². The molecule has 2 heterocycles. The van der Waals surface area contributed by atoms with Gasteiger partial charge in [0.2, 0.25) is 0 Å². The highest BCUT2D eigenvalue weighted by atomic mass is 32.1. The summed E-state index contributed by atoms with van der Waals surface area (Å²) in [4.78, 5) is 12.2. The van der Waals surface area contributed by atoms with E-state index < -0.39 is 0 Å². The Morgan fingerprint density at radius 2 is 1.84 bits per heavy atom. The molecule has 0 saturated heterocycles. The minimum atomic E-state index is 0.983. The standard InChI is InChI=1S/C15H15N3S/c1-10-8-13-15(16-9-10)19-14(17-13)11-4-6-12(7-5-11)18(2)3/h4-9H,1-3H3. The van der Waals surface area contributed by atoms with Gasteiger partial charge in [-0.2, -0.15) is 0 Å². The van der Waals surface area contributed by atoms with Gasteiger partial charge >= 0.3 is 0 Å². The van der Waals surface area contributed by atoms with E-state index in [0.717, 1.165) is 26.5 Å². The quantitative estimate of drug-likeness (QED) is 0.709. The molecule has 19 heavy (non-hydrogen) atoms. The summed E-state index contributed by atoms with van der Waals surface area (Å²) >= 11 is 1.64. The number of hydrogen-bond donors (Lipinski definition) is 0. The highest BCUT2D eigenvalue weighted by Crippen LogP contribution is 2.30. The van der Waals surface area contributed by atoms with Crippen LogP contribution in [0.3, 0.4) is 0 Å². The summed E-state index contributed by atoms with van der Waals surface area (Å²) in [5.74, 6) is 0. The Bertz CT molecular complexity index is 714. The van der Waals surface area contributed by atoms with Crippen LogP contribution in [0.25, 0.3) is 20.9 Å². The smallest absolute Gasteiger partial charge is 0.143 e. The van der Waals surface area contributed by atoms with Gasteiger partial charge in [-0.1, -0.05) is 11.3 Å². The van der Waals surface area contributed by atoms with E-state index in [4.69, 9.17) is 0 Å². The molecule has 2 aromatic heterocycles. The molecule has 1 aromatic carbocycles. The van der Waals surface area contributed by atoms with Crippen molar-refractivity contribution in [1.29, 1.82) is 0 Å². The van der Waals surface area contributed by atoms with Gasteiger partial charge in [0.15, 0.2) is 0 Å². The first kappa shape index (κ1) is 12.1. The van der Waals surface area contributed by atoms with E-state index in [1.165, 1.54) is 5.69 Å². The van der Waals surface area contributed by atoms with Crippen molar-refractivity contribution in [3.8, 4) is 10.6 Å². The molecular formula is C15H15N3S. The summed E-state index contributed by atoms with van der Waals surface area (Å²) in [7, 11) is 4.08. The molecule has 0 saturated carbocycles. The van der Waals surface area contributed by atoms with Crippen molar-refractivity contribution in [3.05, 3.63) is 42.1 Å². The van der Waals surface area contributed by atoms with E-state index in [0.29, 0.717) is 0 Å². The highest BCUT2D eigenvalue weighted by Gasteiger charge is 2.07. The number of thiazole rings is 1. The zero-order chi connectivity index (χ0) is 13.4. The van der Waals surface area contributed by atoms with Crippen LogP contribution >= 0.6 is 11.3 Å². The van der Waals surface area contributed by atoms with Gasteiger partial charge < -0.3 is 4.90 Å². The van der Waals surface area contributed by atoms with Gasteiger partial charge in [0, 0.05) is 31.5 Å². The van der Waals surface area contributed by atoms with Gasteiger partial charge in [0.05, 0.1) is 0 Å². The highest BCUT2D eigenvalue weighted by molar-refractivity contribution is 7.21. The molecule has 4 heteroatoms. The maximum atomic E-state index is 4.66. The average molecular weight is 269 g/mol. The number of aromatic nitrogens is 2. The number of benzene rings is 1. The Hall–Kier alpha value is -1.94. The molecule has 0 spiro atoms. The molecule has 0 fully saturated rings. The van der Waals surface area contributed by atoms with Crippen LogP contribution in [0.15, 0.2) is 36.5 Å². The van der Waals surface area contributed by atoms with E-state index in [1.54, 1.807) is 11.3 Å². The second-order valence-corrected chi connectivity index (χ2v) is 5.77. The molecule has 0 unspecified atom stereocenters. The van der Waals surface area contributed by atoms with Crippen LogP contribution < -0.4 is 4.90 Å². The van der Waals surface area contributed by atoms with Crippen LogP contribution in [0.1, 0.15) is 5.56 Å². The van der Waals surface area contributed by atoms with E-state index in [9.17, 15) is 0 Å². The summed E-state index contributed by atoms with van der Waals surface area (Å²) in [5, 5.41) is 1.03. The maximum absolute atomic E-state index is 4.66. The van der Waals surface area contributed by atoms with Crippen LogP contribution in [-0.4, -0.2) is 24.1 Å². The van der Waals surface area contributed by atoms with Crippen LogP contribution in [0, 0.1) is 6.92 Å². The molecule has 0 amide bonds. The average Bonchev–Trinajstić information content (AvgIpc) is 2.81. The topological polar surface area (TPSA) is 29.0 Å². The van der Waals surface area contributed by atoms with Crippen molar-refractivity contribution in [2.75, 3.05) is 19.0 Å². The second kappa shape index (κ2) is 4.63. The first-order valence-corrected chi connectivity index (χ1v) is 6.96. The predicted octanol–water partition coefficient (Wildman–Crippen LogP) is 3.73. The third-order valence-electron chi connectivity index (χ3n) is 3.01. The molecular weight excluding hydrogens is 254 g/mol. The minimum Gasteiger partial charge on any atom is -0.378 e. The van der Waals surface area contributed by atoms with Gasteiger partial charge in [0.25, 0.3) is 0 Å². The Balaban J connectivity index is 2.03. The Morgan fingerprint density at radius 1 is 1.11 bits per heavy atom. The lowest BCUT2D eigenvalue weighted by atomic mass is 10.2. The van der Waals surface area contributed by atoms with E-state index in [1.807, 2.05) is 27.2 Å². The Labute approximate surface area is 116 Å². The van der Waals surface area contributed by atoms with E-state index in [-0.39, 0.29) is 0 Å². The molecule has 0 aliphatic heterocycles. The zero-order valence-corrected chi connectivity index (χ0v) is 12.0. The van der Waals surface area contributed by atoms with Crippen LogP contribution in [0.4, 0.5) is 5.69 Å². The van der Waals surface area contributed by atoms with Gasteiger partial charge in [-0.05, 0) is 42.8 Å². The van der Waals surface area contributed by atoms with Crippen molar-refractivity contribution in [3.63, 3.8) is 0 Å². The van der Waals surface area contributed by atoms with Crippen molar-refractivity contribution >= 4 is 27.4 Å². The maximum Gasteiger partial charge on any atom is 0.143 e. The summed E-state index contributed by atoms with van der Waals surface area (Å²) in [6.45, 7) is 2.04. The number of nitrogens with zero attached hydrogens (tertiary/aromatic N) is 3. The summed E-state index contributed by atoms with van der Waals surface area (Å²) in [5.41, 5.74) is 4.47. The molecule has 0 atom stereocenters. The van der Waals surface area contributed by atoms with E-state index in [2.05, 4.69) is 45.2 Å². The van der Waals surface area contributed by atoms with E-state index >= 15 is 0 Å². The summed E-state index contributed by atoms with van der Waals surface area (Å²) in [6.07, 6.45) is 1.89. The first-order chi connectivity index (χ1) is 9.13. The number of pyridine rings is 1. The lowest BCUT2D eigenvalue weighted by molar-refractivity contribution is 1.13. The molecule has 3 aromatic rings. The first-order valence-electron chi connectivity index (χ1n) is 6.14. The number of rotatable bonds is 2. The van der Waals surface area contributed by atoms with Crippen molar-refractivity contribution in [1.82, 2.24) is 9.97 Å². The predicted molar refractivity (Wildman–Crippen MR) is 81.9 cm³/mol. The lowest BCUT2D eigenvalue weighted by Gasteiger charge is -2.11. The van der Waals surface area contributed by atoms with Gasteiger partial charge in [-0.15, -0.1) is 0 Å². The molecule has 3 rings (SSSR count). The second-order valence-electron chi connectivity index (χ2n) is 4.80. The Kier molecular flexibility index (Phi) is 2.95. The van der Waals surface area contributed by atoms with Crippen LogP contribution in [0.5, 0.6) is 0 Å². The monoisotopic (exact) mass is 269 g/mol. The normalized spacial score (nSPS) is 10.9. The molecule has 0 bridgehead atoms. The lowest BCUT2D eigenvalue weighted by Crippen LogP contribution is -2.07. The zero-order valence-electron chi connectivity index (χ0n) is 11.2. The number of anilines is 1. The molecule has 96 valence electrons. The fourth-order valence-electron chi connectivity index (χ4n) is 1.95. The number of fused-ring (bicyclic) bond motifs is 1. The molecule has 0 aliphatic rings. The van der Waals surface area contributed by atoms with Crippen LogP contribution in [-0.2, 0) is 0 Å². The fraction of sp³-hybridized carbons (Fsp3) is 0.200. The summed E-state index contributed by atoms with van der Waals surface area (Å²) < 4.78 is 0. The SMILES string of the molecule is Cc1cnc2sc(-c3ccc(N(C)C)cc3)nc2c1. The van der Waals surface area contributed by atoms with Crippen molar-refractivity contribution < 1.29 is 0 Å². The van der Waals surface area contributed by atoms with Crippen molar-refractivity contribution in [2.45, 2.75) is 6.92 Å². The molecule has 0 aliphatic carbocycles. The third kappa shape index (κ3) is 2.31. The number of hydrogen-bond acceptors (Lipinski definition) is 4. The number of aryl methyl sites for hydroxylation is 1.